The number of benzene rings is 2. The second kappa shape index (κ2) is 10.8. The number of carbonyl (C=O) groups excluding carboxylic acids is 1. The number of para-hydroxylation sites is 1. The molecule has 0 radical (unpaired) electrons. The van der Waals surface area contributed by atoms with Crippen LogP contribution in [0.15, 0.2) is 42.5 Å². The lowest BCUT2D eigenvalue weighted by atomic mass is 10.2. The van der Waals surface area contributed by atoms with Gasteiger partial charge in [0.05, 0.1) is 38.1 Å². The Morgan fingerprint density at radius 3 is 2.72 bits per heavy atom. The molecule has 0 bridgehead atoms. The van der Waals surface area contributed by atoms with Crippen molar-refractivity contribution in [2.75, 3.05) is 58.0 Å². The highest BCUT2D eigenvalue weighted by molar-refractivity contribution is 7.22. The lowest BCUT2D eigenvalue weighted by molar-refractivity contribution is -0.119. The normalized spacial score (nSPS) is 14.4. The van der Waals surface area contributed by atoms with E-state index in [0.717, 1.165) is 60.1 Å². The maximum absolute atomic E-state index is 13.3. The molecule has 2 aromatic carbocycles. The average Bonchev–Trinajstić information content (AvgIpc) is 3.27. The molecule has 0 atom stereocenters. The number of aromatic nitrogens is 1. The number of nitrogens with zero attached hydrogens (tertiary/aromatic N) is 3. The van der Waals surface area contributed by atoms with Crippen molar-refractivity contribution in [3.8, 4) is 11.5 Å². The predicted octanol–water partition coefficient (Wildman–Crippen LogP) is 3.75. The van der Waals surface area contributed by atoms with Crippen LogP contribution in [0.4, 0.5) is 5.13 Å². The molecule has 1 aliphatic rings. The first-order chi connectivity index (χ1) is 15.7. The number of ether oxygens (including phenoxy) is 3. The third kappa shape index (κ3) is 5.38. The van der Waals surface area contributed by atoms with E-state index in [2.05, 4.69) is 11.8 Å². The summed E-state index contributed by atoms with van der Waals surface area (Å²) in [5, 5.41) is 0.700. The van der Waals surface area contributed by atoms with Gasteiger partial charge in [0, 0.05) is 26.2 Å². The van der Waals surface area contributed by atoms with Gasteiger partial charge in [0.2, 0.25) is 5.91 Å². The third-order valence-corrected chi connectivity index (χ3v) is 6.73. The van der Waals surface area contributed by atoms with E-state index < -0.39 is 0 Å². The van der Waals surface area contributed by atoms with Crippen molar-refractivity contribution in [3.63, 3.8) is 0 Å². The Morgan fingerprint density at radius 1 is 1.19 bits per heavy atom. The van der Waals surface area contributed by atoms with E-state index in [9.17, 15) is 4.79 Å². The first-order valence-corrected chi connectivity index (χ1v) is 11.7. The summed E-state index contributed by atoms with van der Waals surface area (Å²) in [5.74, 6) is 1.49. The van der Waals surface area contributed by atoms with E-state index in [1.54, 1.807) is 12.0 Å². The highest BCUT2D eigenvalue weighted by atomic mass is 32.1. The van der Waals surface area contributed by atoms with Gasteiger partial charge in [0.1, 0.15) is 17.0 Å². The monoisotopic (exact) mass is 455 g/mol. The van der Waals surface area contributed by atoms with Crippen molar-refractivity contribution < 1.29 is 19.0 Å². The molecule has 8 heteroatoms. The Labute approximate surface area is 192 Å². The fraction of sp³-hybridized carbons (Fsp3) is 0.417. The molecule has 0 saturated carbocycles. The number of hydrogen-bond donors (Lipinski definition) is 0. The van der Waals surface area contributed by atoms with Gasteiger partial charge in [-0.1, -0.05) is 35.6 Å². The lowest BCUT2D eigenvalue weighted by Crippen LogP contribution is -2.43. The molecule has 4 rings (SSSR count). The number of fused-ring (bicyclic) bond motifs is 1. The quantitative estimate of drug-likeness (QED) is 0.490. The zero-order valence-corrected chi connectivity index (χ0v) is 19.4. The van der Waals surface area contributed by atoms with Crippen molar-refractivity contribution in [1.82, 2.24) is 9.88 Å². The summed E-state index contributed by atoms with van der Waals surface area (Å²) in [6.45, 7) is 6.96. The summed E-state index contributed by atoms with van der Waals surface area (Å²) in [4.78, 5) is 22.2. The number of amides is 1. The Bertz CT molecular complexity index is 1030. The number of morpholine rings is 1. The second-order valence-electron chi connectivity index (χ2n) is 7.67. The summed E-state index contributed by atoms with van der Waals surface area (Å²) in [5.41, 5.74) is 1.93. The first kappa shape index (κ1) is 22.5. The van der Waals surface area contributed by atoms with Crippen LogP contribution in [0.1, 0.15) is 12.0 Å². The summed E-state index contributed by atoms with van der Waals surface area (Å²) in [6, 6.07) is 13.5. The van der Waals surface area contributed by atoms with Crippen LogP contribution in [0, 0.1) is 6.92 Å². The van der Waals surface area contributed by atoms with Gasteiger partial charge >= 0.3 is 0 Å². The number of carbonyl (C=O) groups is 1. The zero-order chi connectivity index (χ0) is 22.3. The van der Waals surface area contributed by atoms with Crippen molar-refractivity contribution >= 4 is 32.6 Å². The molecule has 0 spiro atoms. The molecule has 1 fully saturated rings. The van der Waals surface area contributed by atoms with Gasteiger partial charge in [-0.05, 0) is 30.7 Å². The van der Waals surface area contributed by atoms with E-state index >= 15 is 0 Å². The van der Waals surface area contributed by atoms with Gasteiger partial charge in [-0.3, -0.25) is 14.6 Å². The van der Waals surface area contributed by atoms with Crippen LogP contribution in [-0.4, -0.2) is 68.9 Å². The molecular formula is C24H29N3O4S. The number of anilines is 1. The summed E-state index contributed by atoms with van der Waals surface area (Å²) in [7, 11) is 1.64. The maximum atomic E-state index is 13.3. The summed E-state index contributed by atoms with van der Waals surface area (Å²) < 4.78 is 17.8. The number of aryl methyl sites for hydroxylation is 1. The molecule has 170 valence electrons. The second-order valence-corrected chi connectivity index (χ2v) is 8.65. The fourth-order valence-electron chi connectivity index (χ4n) is 3.68. The molecule has 2 heterocycles. The highest BCUT2D eigenvalue weighted by Crippen LogP contribution is 2.36. The Hall–Kier alpha value is -2.68. The molecule has 1 aliphatic heterocycles. The molecule has 32 heavy (non-hydrogen) atoms. The highest BCUT2D eigenvalue weighted by Gasteiger charge is 2.23. The number of hydrogen-bond acceptors (Lipinski definition) is 7. The van der Waals surface area contributed by atoms with Crippen molar-refractivity contribution in [1.29, 1.82) is 0 Å². The van der Waals surface area contributed by atoms with Gasteiger partial charge < -0.3 is 14.2 Å². The molecule has 0 N–H and O–H groups in total. The fourth-order valence-corrected chi connectivity index (χ4v) is 4.77. The molecule has 0 unspecified atom stereocenters. The molecule has 1 saturated heterocycles. The number of rotatable bonds is 9. The van der Waals surface area contributed by atoms with Crippen LogP contribution in [0.3, 0.4) is 0 Å². The summed E-state index contributed by atoms with van der Waals surface area (Å²) in [6.07, 6.45) is 0.282. The summed E-state index contributed by atoms with van der Waals surface area (Å²) >= 11 is 1.54. The van der Waals surface area contributed by atoms with Crippen LogP contribution >= 0.6 is 11.3 Å². The predicted molar refractivity (Wildman–Crippen MR) is 127 cm³/mol. The van der Waals surface area contributed by atoms with Gasteiger partial charge in [0.25, 0.3) is 0 Å². The standard InChI is InChI=1S/C24H29N3O4S/c1-18-8-9-20(29-2)22-23(18)32-24(25-22)27(12-11-26-13-16-30-17-14-26)21(28)10-15-31-19-6-4-3-5-7-19/h3-9H,10-17H2,1-2H3. The van der Waals surface area contributed by atoms with Crippen LogP contribution in [0.5, 0.6) is 11.5 Å². The number of methoxy groups -OCH3 is 1. The van der Waals surface area contributed by atoms with Crippen LogP contribution in [0.2, 0.25) is 0 Å². The first-order valence-electron chi connectivity index (χ1n) is 10.9. The smallest absolute Gasteiger partial charge is 0.232 e. The minimum atomic E-state index is 0.00451. The van der Waals surface area contributed by atoms with Crippen molar-refractivity contribution in [2.24, 2.45) is 0 Å². The molecule has 3 aromatic rings. The molecule has 7 nitrogen and oxygen atoms in total. The lowest BCUT2D eigenvalue weighted by Gasteiger charge is -2.29. The van der Waals surface area contributed by atoms with E-state index in [1.165, 1.54) is 11.3 Å². The average molecular weight is 456 g/mol. The van der Waals surface area contributed by atoms with E-state index in [1.807, 2.05) is 42.5 Å². The van der Waals surface area contributed by atoms with Crippen LogP contribution < -0.4 is 14.4 Å². The van der Waals surface area contributed by atoms with Gasteiger partial charge in [0.15, 0.2) is 5.13 Å². The largest absolute Gasteiger partial charge is 0.494 e. The minimum absolute atomic E-state index is 0.00451. The minimum Gasteiger partial charge on any atom is -0.494 e. The Morgan fingerprint density at radius 2 is 1.97 bits per heavy atom. The van der Waals surface area contributed by atoms with E-state index in [0.29, 0.717) is 18.3 Å². The van der Waals surface area contributed by atoms with Gasteiger partial charge in [-0.25, -0.2) is 4.98 Å². The molecule has 0 aliphatic carbocycles. The number of thiazole rings is 1. The van der Waals surface area contributed by atoms with Crippen molar-refractivity contribution in [3.05, 3.63) is 48.0 Å². The Balaban J connectivity index is 1.52. The molecular weight excluding hydrogens is 426 g/mol. The third-order valence-electron chi connectivity index (χ3n) is 5.52. The van der Waals surface area contributed by atoms with Crippen LogP contribution in [0.25, 0.3) is 10.2 Å². The van der Waals surface area contributed by atoms with Gasteiger partial charge in [-0.2, -0.15) is 0 Å². The SMILES string of the molecule is COc1ccc(C)c2sc(N(CCN3CCOCC3)C(=O)CCOc3ccccc3)nc12. The van der Waals surface area contributed by atoms with E-state index in [-0.39, 0.29) is 12.3 Å². The Kier molecular flexibility index (Phi) is 7.57. The van der Waals surface area contributed by atoms with E-state index in [4.69, 9.17) is 19.2 Å². The maximum Gasteiger partial charge on any atom is 0.232 e. The van der Waals surface area contributed by atoms with Crippen LogP contribution in [-0.2, 0) is 9.53 Å². The topological polar surface area (TPSA) is 64.1 Å². The van der Waals surface area contributed by atoms with Crippen molar-refractivity contribution in [2.45, 2.75) is 13.3 Å². The zero-order valence-electron chi connectivity index (χ0n) is 18.6. The molecule has 1 amide bonds. The van der Waals surface area contributed by atoms with Gasteiger partial charge in [-0.15, -0.1) is 0 Å². The molecule has 1 aromatic heterocycles.